The minimum Gasteiger partial charge on any atom is -0.376 e. The Kier molecular flexibility index (Phi) is 4.91. The maximum absolute atomic E-state index is 13.5. The summed E-state index contributed by atoms with van der Waals surface area (Å²) < 4.78 is 47.9. The van der Waals surface area contributed by atoms with E-state index in [1.54, 1.807) is 17.0 Å². The largest absolute Gasteiger partial charge is 0.416 e. The molecule has 1 aromatic carbocycles. The number of hydrogen-bond acceptors (Lipinski definition) is 3. The highest BCUT2D eigenvalue weighted by Gasteiger charge is 2.39. The molecule has 2 aromatic rings. The molecule has 0 N–H and O–H groups in total. The molecule has 2 aliphatic rings. The monoisotopic (exact) mass is 393 g/mol. The molecule has 8 heteroatoms. The van der Waals surface area contributed by atoms with Crippen LogP contribution in [0.3, 0.4) is 0 Å². The minimum atomic E-state index is -4.40. The van der Waals surface area contributed by atoms with Crippen molar-refractivity contribution in [3.63, 3.8) is 0 Å². The van der Waals surface area contributed by atoms with Crippen LogP contribution in [-0.4, -0.2) is 34.2 Å². The topological polar surface area (TPSA) is 47.4 Å². The lowest BCUT2D eigenvalue weighted by Crippen LogP contribution is -2.36. The standard InChI is InChI=1S/C20H22F3N3O2/c1-25-17-7-9-28-11-15(17)19(24-25)18-10-13(6-8-26(18)12-27)14-4-2-3-5-16(14)20(21,22)23/h2-5,12-13,18H,6-11H2,1H3. The van der Waals surface area contributed by atoms with Crippen LogP contribution in [0.1, 0.15) is 52.9 Å². The second kappa shape index (κ2) is 7.24. The number of nitrogens with zero attached hydrogens (tertiary/aromatic N) is 3. The van der Waals surface area contributed by atoms with Gasteiger partial charge < -0.3 is 9.64 Å². The number of rotatable bonds is 3. The van der Waals surface area contributed by atoms with Crippen LogP contribution < -0.4 is 0 Å². The lowest BCUT2D eigenvalue weighted by atomic mass is 9.81. The van der Waals surface area contributed by atoms with Gasteiger partial charge in [-0.2, -0.15) is 18.3 Å². The first-order valence-corrected chi connectivity index (χ1v) is 9.39. The molecule has 1 aromatic heterocycles. The molecule has 150 valence electrons. The summed E-state index contributed by atoms with van der Waals surface area (Å²) >= 11 is 0. The number of likely N-dealkylation sites (tertiary alicyclic amines) is 1. The predicted molar refractivity (Wildman–Crippen MR) is 95.5 cm³/mol. The number of alkyl halides is 3. The van der Waals surface area contributed by atoms with E-state index in [2.05, 4.69) is 5.10 Å². The highest BCUT2D eigenvalue weighted by molar-refractivity contribution is 5.50. The zero-order valence-corrected chi connectivity index (χ0v) is 15.6. The van der Waals surface area contributed by atoms with Crippen molar-refractivity contribution in [1.29, 1.82) is 0 Å². The molecule has 2 atom stereocenters. The molecule has 1 amide bonds. The average molecular weight is 393 g/mol. The molecule has 0 spiro atoms. The van der Waals surface area contributed by atoms with E-state index >= 15 is 0 Å². The van der Waals surface area contributed by atoms with E-state index in [1.165, 1.54) is 6.07 Å². The molecule has 4 rings (SSSR count). The summed E-state index contributed by atoms with van der Waals surface area (Å²) in [5.74, 6) is -0.291. The molecule has 0 bridgehead atoms. The molecular weight excluding hydrogens is 371 g/mol. The Morgan fingerprint density at radius 2 is 2.07 bits per heavy atom. The minimum absolute atomic E-state index is 0.291. The third kappa shape index (κ3) is 3.30. The number of halogens is 3. The zero-order chi connectivity index (χ0) is 19.9. The molecule has 0 radical (unpaired) electrons. The van der Waals surface area contributed by atoms with Gasteiger partial charge >= 0.3 is 6.18 Å². The van der Waals surface area contributed by atoms with Crippen molar-refractivity contribution in [3.8, 4) is 0 Å². The fourth-order valence-corrected chi connectivity index (χ4v) is 4.48. The van der Waals surface area contributed by atoms with Crippen molar-refractivity contribution in [2.45, 2.75) is 44.0 Å². The molecule has 5 nitrogen and oxygen atoms in total. The van der Waals surface area contributed by atoms with Gasteiger partial charge in [0.25, 0.3) is 0 Å². The van der Waals surface area contributed by atoms with E-state index in [9.17, 15) is 18.0 Å². The van der Waals surface area contributed by atoms with E-state index in [4.69, 9.17) is 4.74 Å². The summed E-state index contributed by atoms with van der Waals surface area (Å²) in [4.78, 5) is 13.3. The van der Waals surface area contributed by atoms with Crippen LogP contribution in [0, 0.1) is 0 Å². The average Bonchev–Trinajstić information content (AvgIpc) is 3.04. The van der Waals surface area contributed by atoms with Crippen molar-refractivity contribution in [1.82, 2.24) is 14.7 Å². The van der Waals surface area contributed by atoms with Crippen molar-refractivity contribution in [2.75, 3.05) is 13.2 Å². The molecule has 2 aliphatic heterocycles. The normalized spacial score (nSPS) is 22.8. The fraction of sp³-hybridized carbons (Fsp3) is 0.500. The maximum Gasteiger partial charge on any atom is 0.416 e. The van der Waals surface area contributed by atoms with Gasteiger partial charge in [-0.3, -0.25) is 9.48 Å². The van der Waals surface area contributed by atoms with Gasteiger partial charge in [-0.25, -0.2) is 0 Å². The first-order chi connectivity index (χ1) is 13.4. The van der Waals surface area contributed by atoms with Crippen LogP contribution in [-0.2, 0) is 35.8 Å². The summed E-state index contributed by atoms with van der Waals surface area (Å²) in [5.41, 5.74) is 2.50. The number of benzene rings is 1. The molecule has 2 unspecified atom stereocenters. The molecule has 1 saturated heterocycles. The first-order valence-electron chi connectivity index (χ1n) is 9.39. The highest BCUT2D eigenvalue weighted by Crippen LogP contribution is 2.44. The Morgan fingerprint density at radius 3 is 2.82 bits per heavy atom. The third-order valence-electron chi connectivity index (χ3n) is 5.84. The van der Waals surface area contributed by atoms with Gasteiger partial charge in [-0.15, -0.1) is 0 Å². The Hall–Kier alpha value is -2.35. The number of ether oxygens (including phenoxy) is 1. The van der Waals surface area contributed by atoms with E-state index in [-0.39, 0.29) is 12.0 Å². The van der Waals surface area contributed by atoms with Crippen molar-refractivity contribution >= 4 is 6.41 Å². The van der Waals surface area contributed by atoms with Gasteiger partial charge in [0.1, 0.15) is 0 Å². The number of fused-ring (bicyclic) bond motifs is 1. The third-order valence-corrected chi connectivity index (χ3v) is 5.84. The van der Waals surface area contributed by atoms with E-state index in [0.29, 0.717) is 38.2 Å². The smallest absolute Gasteiger partial charge is 0.376 e. The number of carbonyl (C=O) groups is 1. The van der Waals surface area contributed by atoms with Gasteiger partial charge in [-0.1, -0.05) is 18.2 Å². The van der Waals surface area contributed by atoms with Crippen molar-refractivity contribution < 1.29 is 22.7 Å². The molecular formula is C20H22F3N3O2. The summed E-state index contributed by atoms with van der Waals surface area (Å²) in [7, 11) is 1.86. The molecule has 3 heterocycles. The van der Waals surface area contributed by atoms with Crippen LogP contribution in [0.2, 0.25) is 0 Å². The predicted octanol–water partition coefficient (Wildman–Crippen LogP) is 3.59. The lowest BCUT2D eigenvalue weighted by molar-refractivity contribution is -0.138. The molecule has 1 fully saturated rings. The SMILES string of the molecule is Cn1nc(C2CC(c3ccccc3C(F)(F)F)CCN2C=O)c2c1CCOC2. The molecule has 0 saturated carbocycles. The number of carbonyl (C=O) groups excluding carboxylic acids is 1. The van der Waals surface area contributed by atoms with Crippen molar-refractivity contribution in [2.24, 2.45) is 7.05 Å². The van der Waals surface area contributed by atoms with Crippen LogP contribution >= 0.6 is 0 Å². The first kappa shape index (κ1) is 19.0. The summed E-state index contributed by atoms with van der Waals surface area (Å²) in [6.07, 6.45) is -1.97. The number of aryl methyl sites for hydroxylation is 1. The summed E-state index contributed by atoms with van der Waals surface area (Å²) in [6, 6.07) is 5.39. The number of hydrogen-bond donors (Lipinski definition) is 0. The Labute approximate surface area is 161 Å². The molecule has 28 heavy (non-hydrogen) atoms. The number of amides is 1. The van der Waals surface area contributed by atoms with Gasteiger partial charge in [0.2, 0.25) is 6.41 Å². The molecule has 0 aliphatic carbocycles. The summed E-state index contributed by atoms with van der Waals surface area (Å²) in [5, 5.41) is 4.63. The zero-order valence-electron chi connectivity index (χ0n) is 15.6. The van der Waals surface area contributed by atoms with Crippen LogP contribution in [0.5, 0.6) is 0 Å². The van der Waals surface area contributed by atoms with Crippen LogP contribution in [0.15, 0.2) is 24.3 Å². The highest BCUT2D eigenvalue weighted by atomic mass is 19.4. The Morgan fingerprint density at radius 1 is 1.29 bits per heavy atom. The quantitative estimate of drug-likeness (QED) is 0.749. The van der Waals surface area contributed by atoms with E-state index < -0.39 is 11.7 Å². The van der Waals surface area contributed by atoms with E-state index in [1.807, 2.05) is 11.7 Å². The Bertz CT molecular complexity index is 878. The van der Waals surface area contributed by atoms with Gasteiger partial charge in [0.05, 0.1) is 30.5 Å². The maximum atomic E-state index is 13.5. The van der Waals surface area contributed by atoms with Gasteiger partial charge in [0, 0.05) is 31.3 Å². The summed E-state index contributed by atoms with van der Waals surface area (Å²) in [6.45, 7) is 1.44. The van der Waals surface area contributed by atoms with Crippen LogP contribution in [0.25, 0.3) is 0 Å². The number of piperidine rings is 1. The second-order valence-electron chi connectivity index (χ2n) is 7.40. The van der Waals surface area contributed by atoms with Crippen LogP contribution in [0.4, 0.5) is 13.2 Å². The Balaban J connectivity index is 1.71. The van der Waals surface area contributed by atoms with E-state index in [0.717, 1.165) is 35.8 Å². The fourth-order valence-electron chi connectivity index (χ4n) is 4.48. The van der Waals surface area contributed by atoms with Crippen molar-refractivity contribution in [3.05, 3.63) is 52.3 Å². The second-order valence-corrected chi connectivity index (χ2v) is 7.40. The lowest BCUT2D eigenvalue weighted by Gasteiger charge is -2.38. The van der Waals surface area contributed by atoms with Gasteiger partial charge in [0.15, 0.2) is 0 Å². The number of aromatic nitrogens is 2. The van der Waals surface area contributed by atoms with Gasteiger partial charge in [-0.05, 0) is 30.4 Å².